The van der Waals surface area contributed by atoms with Crippen LogP contribution in [0.2, 0.25) is 5.02 Å². The molecule has 35 heavy (non-hydrogen) atoms. The summed E-state index contributed by atoms with van der Waals surface area (Å²) in [6.45, 7) is 10.8. The molecule has 3 rings (SSSR count). The first-order valence-electron chi connectivity index (χ1n) is 11.8. The number of hydrogen-bond donors (Lipinski definition) is 2. The number of nitrogens with one attached hydrogen (secondary N) is 2. The van der Waals surface area contributed by atoms with Gasteiger partial charge in [0.05, 0.1) is 10.7 Å². The lowest BCUT2D eigenvalue weighted by Gasteiger charge is -2.33. The molecule has 7 nitrogen and oxygen atoms in total. The van der Waals surface area contributed by atoms with Crippen molar-refractivity contribution in [2.45, 2.75) is 72.1 Å². The number of hydrogen-bond acceptors (Lipinski definition) is 4. The monoisotopic (exact) mass is 499 g/mol. The summed E-state index contributed by atoms with van der Waals surface area (Å²) in [5.41, 5.74) is 3.35. The van der Waals surface area contributed by atoms with Crippen molar-refractivity contribution in [2.75, 3.05) is 11.9 Å². The van der Waals surface area contributed by atoms with Crippen molar-refractivity contribution in [1.29, 1.82) is 0 Å². The zero-order valence-electron chi connectivity index (χ0n) is 21.2. The Balaban J connectivity index is 1.93. The van der Waals surface area contributed by atoms with Gasteiger partial charge >= 0.3 is 6.09 Å². The third-order valence-electron chi connectivity index (χ3n) is 5.73. The minimum absolute atomic E-state index is 0.0910. The van der Waals surface area contributed by atoms with E-state index in [4.69, 9.17) is 16.3 Å². The SMILES string of the molecule is Cc1ccc(C(C(=O)Nc2c(C)cccc2Cl)N(C(=O)CNC(=O)OC(C)(C)C)C2CC2)c(C)c1. The fraction of sp³-hybridized carbons (Fsp3) is 0.444. The van der Waals surface area contributed by atoms with Crippen LogP contribution in [-0.2, 0) is 14.3 Å². The van der Waals surface area contributed by atoms with Crippen LogP contribution in [0.3, 0.4) is 0 Å². The number of rotatable bonds is 7. The van der Waals surface area contributed by atoms with E-state index in [0.717, 1.165) is 35.1 Å². The van der Waals surface area contributed by atoms with Gasteiger partial charge in [-0.1, -0.05) is 47.5 Å². The molecular formula is C27H34ClN3O4. The van der Waals surface area contributed by atoms with E-state index in [1.807, 2.05) is 51.1 Å². The second-order valence-corrected chi connectivity index (χ2v) is 10.5. The molecule has 1 aliphatic rings. The summed E-state index contributed by atoms with van der Waals surface area (Å²) in [7, 11) is 0. The van der Waals surface area contributed by atoms with Crippen molar-refractivity contribution in [2.24, 2.45) is 0 Å². The van der Waals surface area contributed by atoms with Crippen LogP contribution in [0.15, 0.2) is 36.4 Å². The molecule has 0 spiro atoms. The Kier molecular flexibility index (Phi) is 8.11. The number of benzene rings is 2. The molecule has 3 amide bonds. The van der Waals surface area contributed by atoms with E-state index < -0.39 is 17.7 Å². The van der Waals surface area contributed by atoms with Gasteiger partial charge in [-0.05, 0) is 77.1 Å². The maximum absolute atomic E-state index is 13.8. The molecule has 1 fully saturated rings. The number of anilines is 1. The van der Waals surface area contributed by atoms with Gasteiger partial charge in [0.2, 0.25) is 5.91 Å². The molecule has 0 radical (unpaired) electrons. The molecule has 1 atom stereocenters. The van der Waals surface area contributed by atoms with Gasteiger partial charge in [0, 0.05) is 6.04 Å². The second-order valence-electron chi connectivity index (χ2n) is 10.1. The predicted octanol–water partition coefficient (Wildman–Crippen LogP) is 5.46. The Morgan fingerprint density at radius 3 is 2.34 bits per heavy atom. The van der Waals surface area contributed by atoms with Gasteiger partial charge in [-0.25, -0.2) is 4.79 Å². The van der Waals surface area contributed by atoms with Crippen LogP contribution in [0.25, 0.3) is 0 Å². The summed E-state index contributed by atoms with van der Waals surface area (Å²) in [5.74, 6) is -0.708. The number of ether oxygens (including phenoxy) is 1. The number of carbonyl (C=O) groups excluding carboxylic acids is 3. The zero-order valence-corrected chi connectivity index (χ0v) is 22.0. The van der Waals surface area contributed by atoms with Gasteiger partial charge in [0.25, 0.3) is 5.91 Å². The summed E-state index contributed by atoms with van der Waals surface area (Å²) < 4.78 is 5.26. The smallest absolute Gasteiger partial charge is 0.408 e. The first kappa shape index (κ1) is 26.5. The number of para-hydroxylation sites is 1. The third kappa shape index (κ3) is 6.98. The Labute approximate surface area is 212 Å². The standard InChI is InChI=1S/C27H34ClN3O4/c1-16-10-13-20(18(3)14-16)24(25(33)30-23-17(2)8-7-9-21(23)28)31(19-11-12-19)22(32)15-29-26(34)35-27(4,5)6/h7-10,13-14,19,24H,11-12,15H2,1-6H3,(H,29,34)(H,30,33). The second kappa shape index (κ2) is 10.7. The lowest BCUT2D eigenvalue weighted by molar-refractivity contribution is -0.139. The van der Waals surface area contributed by atoms with Gasteiger partial charge in [-0.15, -0.1) is 0 Å². The highest BCUT2D eigenvalue weighted by Crippen LogP contribution is 2.37. The van der Waals surface area contributed by atoms with E-state index >= 15 is 0 Å². The van der Waals surface area contributed by atoms with E-state index in [2.05, 4.69) is 10.6 Å². The fourth-order valence-electron chi connectivity index (χ4n) is 4.00. The molecule has 0 aromatic heterocycles. The molecule has 188 valence electrons. The molecule has 1 unspecified atom stereocenters. The normalized spacial score (nSPS) is 14.1. The summed E-state index contributed by atoms with van der Waals surface area (Å²) in [6.07, 6.45) is 0.900. The van der Waals surface area contributed by atoms with Gasteiger partial charge in [-0.3, -0.25) is 9.59 Å². The van der Waals surface area contributed by atoms with Crippen LogP contribution >= 0.6 is 11.6 Å². The van der Waals surface area contributed by atoms with Crippen molar-refractivity contribution in [1.82, 2.24) is 10.2 Å². The number of carbonyl (C=O) groups is 3. The Morgan fingerprint density at radius 1 is 1.09 bits per heavy atom. The van der Waals surface area contributed by atoms with Crippen LogP contribution in [0.1, 0.15) is 61.9 Å². The highest BCUT2D eigenvalue weighted by molar-refractivity contribution is 6.34. The Hall–Kier alpha value is -3.06. The third-order valence-corrected chi connectivity index (χ3v) is 6.04. The lowest BCUT2D eigenvalue weighted by atomic mass is 9.96. The van der Waals surface area contributed by atoms with E-state index in [-0.39, 0.29) is 24.4 Å². The van der Waals surface area contributed by atoms with Crippen LogP contribution in [0, 0.1) is 20.8 Å². The highest BCUT2D eigenvalue weighted by Gasteiger charge is 2.42. The number of nitrogens with zero attached hydrogens (tertiary/aromatic N) is 1. The molecule has 8 heteroatoms. The first-order valence-corrected chi connectivity index (χ1v) is 12.2. The van der Waals surface area contributed by atoms with Crippen molar-refractivity contribution < 1.29 is 19.1 Å². The molecule has 0 bridgehead atoms. The average molecular weight is 500 g/mol. The number of alkyl carbamates (subject to hydrolysis) is 1. The zero-order chi connectivity index (χ0) is 25.9. The average Bonchev–Trinajstić information content (AvgIpc) is 3.57. The Morgan fingerprint density at radius 2 is 1.77 bits per heavy atom. The van der Waals surface area contributed by atoms with Crippen LogP contribution in [0.5, 0.6) is 0 Å². The molecule has 2 aromatic carbocycles. The quantitative estimate of drug-likeness (QED) is 0.529. The first-order chi connectivity index (χ1) is 16.4. The largest absolute Gasteiger partial charge is 0.444 e. The molecular weight excluding hydrogens is 466 g/mol. The van der Waals surface area contributed by atoms with Crippen LogP contribution in [0.4, 0.5) is 10.5 Å². The summed E-state index contributed by atoms with van der Waals surface area (Å²) in [5, 5.41) is 5.91. The molecule has 1 aliphatic carbocycles. The van der Waals surface area contributed by atoms with Crippen molar-refractivity contribution in [3.8, 4) is 0 Å². The molecule has 1 saturated carbocycles. The molecule has 0 heterocycles. The van der Waals surface area contributed by atoms with Crippen LogP contribution in [-0.4, -0.2) is 41.0 Å². The summed E-state index contributed by atoms with van der Waals surface area (Å²) in [6, 6.07) is 10.2. The van der Waals surface area contributed by atoms with E-state index in [1.54, 1.807) is 31.7 Å². The van der Waals surface area contributed by atoms with Gasteiger partial charge in [-0.2, -0.15) is 0 Å². The number of halogens is 1. The lowest BCUT2D eigenvalue weighted by Crippen LogP contribution is -2.47. The van der Waals surface area contributed by atoms with E-state index in [9.17, 15) is 14.4 Å². The van der Waals surface area contributed by atoms with Crippen molar-refractivity contribution >= 4 is 35.2 Å². The summed E-state index contributed by atoms with van der Waals surface area (Å²) >= 11 is 6.37. The predicted molar refractivity (Wildman–Crippen MR) is 138 cm³/mol. The van der Waals surface area contributed by atoms with Gasteiger partial charge in [0.1, 0.15) is 18.2 Å². The fourth-order valence-corrected chi connectivity index (χ4v) is 4.27. The topological polar surface area (TPSA) is 87.7 Å². The van der Waals surface area contributed by atoms with E-state index in [0.29, 0.717) is 10.7 Å². The maximum Gasteiger partial charge on any atom is 0.408 e. The molecule has 0 aliphatic heterocycles. The number of aryl methyl sites for hydroxylation is 3. The maximum atomic E-state index is 13.8. The molecule has 2 N–H and O–H groups in total. The number of amides is 3. The van der Waals surface area contributed by atoms with Gasteiger partial charge in [0.15, 0.2) is 0 Å². The van der Waals surface area contributed by atoms with Crippen molar-refractivity contribution in [3.63, 3.8) is 0 Å². The van der Waals surface area contributed by atoms with Crippen molar-refractivity contribution in [3.05, 3.63) is 63.7 Å². The molecule has 0 saturated heterocycles. The minimum Gasteiger partial charge on any atom is -0.444 e. The molecule has 2 aromatic rings. The summed E-state index contributed by atoms with van der Waals surface area (Å²) in [4.78, 5) is 41.0. The van der Waals surface area contributed by atoms with E-state index in [1.165, 1.54) is 0 Å². The van der Waals surface area contributed by atoms with Gasteiger partial charge < -0.3 is 20.3 Å². The minimum atomic E-state index is -0.883. The highest BCUT2D eigenvalue weighted by atomic mass is 35.5. The van der Waals surface area contributed by atoms with Crippen LogP contribution < -0.4 is 10.6 Å². The Bertz CT molecular complexity index is 1100.